The zero-order valence-electron chi connectivity index (χ0n) is 8.22. The minimum atomic E-state index is -0.482. The number of para-hydroxylation sites is 1. The predicted octanol–water partition coefficient (Wildman–Crippen LogP) is 1.87. The second-order valence-corrected chi connectivity index (χ2v) is 3.03. The molecule has 0 radical (unpaired) electrons. The number of carbonyl (C=O) groups excluding carboxylic acids is 1. The van der Waals surface area contributed by atoms with Gasteiger partial charge in [0.25, 0.3) is 5.91 Å². The maximum atomic E-state index is 13.2. The highest BCUT2D eigenvalue weighted by Crippen LogP contribution is 2.13. The summed E-state index contributed by atoms with van der Waals surface area (Å²) in [5.41, 5.74) is 0.323. The highest BCUT2D eigenvalue weighted by Gasteiger charge is 2.09. The quantitative estimate of drug-likeness (QED) is 0.835. The molecule has 1 aromatic heterocycles. The molecule has 0 bridgehead atoms. The summed E-state index contributed by atoms with van der Waals surface area (Å²) < 4.78 is 13.2. The molecule has 0 aliphatic heterocycles. The van der Waals surface area contributed by atoms with Gasteiger partial charge in [0.1, 0.15) is 17.8 Å². The molecule has 5 heteroatoms. The van der Waals surface area contributed by atoms with Crippen LogP contribution in [0.25, 0.3) is 0 Å². The average Bonchev–Trinajstić information content (AvgIpc) is 2.33. The molecule has 1 aromatic carbocycles. The number of anilines is 1. The number of hydrogen-bond donors (Lipinski definition) is 1. The fraction of sp³-hybridized carbons (Fsp3) is 0. The molecule has 0 atom stereocenters. The van der Waals surface area contributed by atoms with Crippen LogP contribution in [0.4, 0.5) is 10.1 Å². The molecule has 0 aliphatic carbocycles. The standard InChI is InChI=1S/C11H8FN3O/c12-8-3-1-2-4-9(8)15-11(16)10-5-6-13-7-14-10/h1-7H,(H,15,16). The molecule has 1 heterocycles. The van der Waals surface area contributed by atoms with E-state index in [2.05, 4.69) is 15.3 Å². The van der Waals surface area contributed by atoms with E-state index in [0.29, 0.717) is 0 Å². The summed E-state index contributed by atoms with van der Waals surface area (Å²) in [6, 6.07) is 7.40. The van der Waals surface area contributed by atoms with Gasteiger partial charge in [-0.3, -0.25) is 4.79 Å². The van der Waals surface area contributed by atoms with E-state index in [1.807, 2.05) is 0 Å². The maximum absolute atomic E-state index is 13.2. The second kappa shape index (κ2) is 4.48. The van der Waals surface area contributed by atoms with E-state index in [4.69, 9.17) is 0 Å². The van der Waals surface area contributed by atoms with Gasteiger partial charge < -0.3 is 5.32 Å². The van der Waals surface area contributed by atoms with Gasteiger partial charge in [-0.1, -0.05) is 12.1 Å². The molecule has 0 aliphatic rings. The van der Waals surface area contributed by atoms with Gasteiger partial charge in [-0.05, 0) is 18.2 Å². The molecule has 0 unspecified atom stereocenters. The lowest BCUT2D eigenvalue weighted by molar-refractivity contribution is 0.102. The van der Waals surface area contributed by atoms with Crippen LogP contribution in [0.1, 0.15) is 10.5 Å². The van der Waals surface area contributed by atoms with Gasteiger partial charge in [0, 0.05) is 6.20 Å². The second-order valence-electron chi connectivity index (χ2n) is 3.03. The summed E-state index contributed by atoms with van der Waals surface area (Å²) in [4.78, 5) is 19.0. The Labute approximate surface area is 91.2 Å². The first-order chi connectivity index (χ1) is 7.77. The Kier molecular flexibility index (Phi) is 2.86. The zero-order chi connectivity index (χ0) is 11.4. The molecule has 0 spiro atoms. The first-order valence-electron chi connectivity index (χ1n) is 4.59. The number of carbonyl (C=O) groups is 1. The van der Waals surface area contributed by atoms with Crippen molar-refractivity contribution in [3.63, 3.8) is 0 Å². The minimum absolute atomic E-state index is 0.131. The number of nitrogens with one attached hydrogen (secondary N) is 1. The molecule has 4 nitrogen and oxygen atoms in total. The molecule has 16 heavy (non-hydrogen) atoms. The van der Waals surface area contributed by atoms with Crippen LogP contribution >= 0.6 is 0 Å². The van der Waals surface area contributed by atoms with Gasteiger partial charge >= 0.3 is 0 Å². The number of hydrogen-bond acceptors (Lipinski definition) is 3. The number of amides is 1. The Balaban J connectivity index is 2.18. The first-order valence-corrected chi connectivity index (χ1v) is 4.59. The largest absolute Gasteiger partial charge is 0.318 e. The number of halogens is 1. The third-order valence-corrected chi connectivity index (χ3v) is 1.94. The topological polar surface area (TPSA) is 54.9 Å². The fourth-order valence-electron chi connectivity index (χ4n) is 1.17. The van der Waals surface area contributed by atoms with Crippen LogP contribution < -0.4 is 5.32 Å². The fourth-order valence-corrected chi connectivity index (χ4v) is 1.17. The molecule has 1 N–H and O–H groups in total. The molecule has 0 saturated carbocycles. The molecule has 1 amide bonds. The summed E-state index contributed by atoms with van der Waals surface area (Å²) in [5.74, 6) is -0.947. The molecular weight excluding hydrogens is 209 g/mol. The summed E-state index contributed by atoms with van der Waals surface area (Å²) >= 11 is 0. The molecule has 2 aromatic rings. The Morgan fingerprint density at radius 2 is 2.06 bits per heavy atom. The summed E-state index contributed by atoms with van der Waals surface area (Å²) in [6.45, 7) is 0. The van der Waals surface area contributed by atoms with Gasteiger partial charge in [-0.15, -0.1) is 0 Å². The van der Waals surface area contributed by atoms with Crippen LogP contribution in [0.3, 0.4) is 0 Å². The van der Waals surface area contributed by atoms with Crippen molar-refractivity contribution in [2.45, 2.75) is 0 Å². The Morgan fingerprint density at radius 3 is 2.75 bits per heavy atom. The monoisotopic (exact) mass is 217 g/mol. The molecule has 0 saturated heterocycles. The van der Waals surface area contributed by atoms with Crippen LogP contribution in [0.5, 0.6) is 0 Å². The van der Waals surface area contributed by atoms with Crippen LogP contribution in [-0.4, -0.2) is 15.9 Å². The van der Waals surface area contributed by atoms with Crippen LogP contribution in [0, 0.1) is 5.82 Å². The average molecular weight is 217 g/mol. The molecular formula is C11H8FN3O. The SMILES string of the molecule is O=C(Nc1ccccc1F)c1ccncn1. The smallest absolute Gasteiger partial charge is 0.274 e. The van der Waals surface area contributed by atoms with Gasteiger partial charge in [0.2, 0.25) is 0 Å². The first kappa shape index (κ1) is 10.2. The van der Waals surface area contributed by atoms with E-state index in [1.165, 1.54) is 30.7 Å². The van der Waals surface area contributed by atoms with Crippen molar-refractivity contribution in [3.05, 3.63) is 54.4 Å². The van der Waals surface area contributed by atoms with E-state index >= 15 is 0 Å². The van der Waals surface area contributed by atoms with Crippen molar-refractivity contribution < 1.29 is 9.18 Å². The van der Waals surface area contributed by atoms with Crippen molar-refractivity contribution >= 4 is 11.6 Å². The van der Waals surface area contributed by atoms with Crippen LogP contribution in [-0.2, 0) is 0 Å². The van der Waals surface area contributed by atoms with E-state index in [0.717, 1.165) is 0 Å². The Hall–Kier alpha value is -2.30. The van der Waals surface area contributed by atoms with Crippen LogP contribution in [0.2, 0.25) is 0 Å². The molecule has 80 valence electrons. The lowest BCUT2D eigenvalue weighted by atomic mass is 10.3. The summed E-state index contributed by atoms with van der Waals surface area (Å²) in [5, 5.41) is 2.42. The lowest BCUT2D eigenvalue weighted by Gasteiger charge is -2.04. The van der Waals surface area contributed by atoms with Crippen LogP contribution in [0.15, 0.2) is 42.9 Å². The lowest BCUT2D eigenvalue weighted by Crippen LogP contribution is -2.14. The maximum Gasteiger partial charge on any atom is 0.274 e. The van der Waals surface area contributed by atoms with Crippen molar-refractivity contribution in [1.82, 2.24) is 9.97 Å². The highest BCUT2D eigenvalue weighted by atomic mass is 19.1. The van der Waals surface area contributed by atoms with Crippen molar-refractivity contribution in [2.75, 3.05) is 5.32 Å². The highest BCUT2D eigenvalue weighted by molar-refractivity contribution is 6.02. The van der Waals surface area contributed by atoms with Gasteiger partial charge in [0.15, 0.2) is 0 Å². The minimum Gasteiger partial charge on any atom is -0.318 e. The number of rotatable bonds is 2. The summed E-state index contributed by atoms with van der Waals surface area (Å²) in [7, 11) is 0. The number of nitrogens with zero attached hydrogens (tertiary/aromatic N) is 2. The van der Waals surface area contributed by atoms with Gasteiger partial charge in [-0.2, -0.15) is 0 Å². The van der Waals surface area contributed by atoms with Crippen molar-refractivity contribution in [1.29, 1.82) is 0 Å². The zero-order valence-corrected chi connectivity index (χ0v) is 8.22. The molecule has 2 rings (SSSR count). The summed E-state index contributed by atoms with van der Waals surface area (Å²) in [6.07, 6.45) is 2.71. The van der Waals surface area contributed by atoms with E-state index in [-0.39, 0.29) is 11.4 Å². The van der Waals surface area contributed by atoms with E-state index < -0.39 is 11.7 Å². The van der Waals surface area contributed by atoms with E-state index in [9.17, 15) is 9.18 Å². The third-order valence-electron chi connectivity index (χ3n) is 1.94. The number of benzene rings is 1. The molecule has 0 fully saturated rings. The normalized spacial score (nSPS) is 9.81. The van der Waals surface area contributed by atoms with Gasteiger partial charge in [0.05, 0.1) is 5.69 Å². The van der Waals surface area contributed by atoms with Gasteiger partial charge in [-0.25, -0.2) is 14.4 Å². The Bertz CT molecular complexity index is 502. The predicted molar refractivity (Wildman–Crippen MR) is 56.4 cm³/mol. The van der Waals surface area contributed by atoms with E-state index in [1.54, 1.807) is 12.1 Å². The van der Waals surface area contributed by atoms with Crippen molar-refractivity contribution in [3.8, 4) is 0 Å². The van der Waals surface area contributed by atoms with Crippen molar-refractivity contribution in [2.24, 2.45) is 0 Å². The Morgan fingerprint density at radius 1 is 1.25 bits per heavy atom. The third kappa shape index (κ3) is 2.20. The number of aromatic nitrogens is 2.